The Morgan fingerprint density at radius 2 is 2.13 bits per heavy atom. The number of carbonyl (C=O) groups is 1. The molecule has 0 fully saturated rings. The Morgan fingerprint density at radius 1 is 1.35 bits per heavy atom. The van der Waals surface area contributed by atoms with Crippen molar-refractivity contribution < 1.29 is 9.53 Å². The summed E-state index contributed by atoms with van der Waals surface area (Å²) in [6.07, 6.45) is 0. The number of hydrogen-bond acceptors (Lipinski definition) is 5. The monoisotopic (exact) mass is 328 g/mol. The van der Waals surface area contributed by atoms with Crippen molar-refractivity contribution in [2.75, 3.05) is 12.4 Å². The number of benzene rings is 1. The number of aromatic nitrogens is 3. The number of amides is 1. The van der Waals surface area contributed by atoms with E-state index in [0.717, 1.165) is 17.0 Å². The van der Waals surface area contributed by atoms with Crippen molar-refractivity contribution in [1.29, 1.82) is 0 Å². The molecular formula is C16H16N4O2S. The van der Waals surface area contributed by atoms with Gasteiger partial charge < -0.3 is 10.1 Å². The van der Waals surface area contributed by atoms with Crippen LogP contribution in [0.25, 0.3) is 0 Å². The molecule has 1 amide bonds. The highest BCUT2D eigenvalue weighted by molar-refractivity contribution is 7.07. The van der Waals surface area contributed by atoms with Crippen LogP contribution in [-0.2, 0) is 6.54 Å². The number of rotatable bonds is 5. The number of ether oxygens (including phenoxy) is 1. The topological polar surface area (TPSA) is 69.0 Å². The lowest BCUT2D eigenvalue weighted by molar-refractivity contribution is 0.102. The van der Waals surface area contributed by atoms with Crippen LogP contribution >= 0.6 is 11.3 Å². The minimum Gasteiger partial charge on any atom is -0.497 e. The van der Waals surface area contributed by atoms with Crippen molar-refractivity contribution in [3.8, 4) is 5.75 Å². The second kappa shape index (κ2) is 6.62. The van der Waals surface area contributed by atoms with E-state index in [0.29, 0.717) is 18.1 Å². The van der Waals surface area contributed by atoms with Crippen molar-refractivity contribution in [2.24, 2.45) is 0 Å². The fourth-order valence-electron chi connectivity index (χ4n) is 2.18. The van der Waals surface area contributed by atoms with Gasteiger partial charge in [-0.2, -0.15) is 5.10 Å². The van der Waals surface area contributed by atoms with Gasteiger partial charge in [0, 0.05) is 11.4 Å². The molecule has 0 saturated heterocycles. The van der Waals surface area contributed by atoms with Crippen molar-refractivity contribution >= 4 is 23.1 Å². The highest BCUT2D eigenvalue weighted by atomic mass is 32.1. The van der Waals surface area contributed by atoms with E-state index in [4.69, 9.17) is 4.74 Å². The molecule has 2 heterocycles. The Kier molecular flexibility index (Phi) is 4.38. The van der Waals surface area contributed by atoms with E-state index < -0.39 is 0 Å². The lowest BCUT2D eigenvalue weighted by Gasteiger charge is -2.09. The van der Waals surface area contributed by atoms with E-state index in [-0.39, 0.29) is 5.91 Å². The van der Waals surface area contributed by atoms with Crippen LogP contribution in [-0.4, -0.2) is 27.8 Å². The molecular weight excluding hydrogens is 312 g/mol. The molecule has 0 radical (unpaired) electrons. The van der Waals surface area contributed by atoms with E-state index >= 15 is 0 Å². The molecule has 0 aliphatic rings. The largest absolute Gasteiger partial charge is 0.497 e. The van der Waals surface area contributed by atoms with E-state index in [9.17, 15) is 4.79 Å². The van der Waals surface area contributed by atoms with Gasteiger partial charge in [-0.05, 0) is 24.6 Å². The molecule has 1 N–H and O–H groups in total. The third kappa shape index (κ3) is 3.57. The maximum absolute atomic E-state index is 12.1. The molecule has 0 atom stereocenters. The molecule has 0 saturated carbocycles. The average Bonchev–Trinajstić information content (AvgIpc) is 3.19. The number of methoxy groups -OCH3 is 1. The lowest BCUT2D eigenvalue weighted by Crippen LogP contribution is -2.16. The fourth-order valence-corrected chi connectivity index (χ4v) is 2.71. The summed E-state index contributed by atoms with van der Waals surface area (Å²) in [5.41, 5.74) is 3.95. The SMILES string of the molecule is COc1ccc(Cn2nc(C)cc2NC(=O)c2cscn2)cc1. The lowest BCUT2D eigenvalue weighted by atomic mass is 10.2. The van der Waals surface area contributed by atoms with Crippen LogP contribution in [0.3, 0.4) is 0 Å². The van der Waals surface area contributed by atoms with Gasteiger partial charge >= 0.3 is 0 Å². The van der Waals surface area contributed by atoms with Crippen molar-refractivity contribution in [3.05, 3.63) is 58.2 Å². The maximum atomic E-state index is 12.1. The third-order valence-corrected chi connectivity index (χ3v) is 3.89. The first-order valence-corrected chi connectivity index (χ1v) is 7.97. The predicted molar refractivity (Wildman–Crippen MR) is 89.1 cm³/mol. The quantitative estimate of drug-likeness (QED) is 0.782. The molecule has 6 nitrogen and oxygen atoms in total. The number of thiazole rings is 1. The Bertz CT molecular complexity index is 794. The van der Waals surface area contributed by atoms with Gasteiger partial charge in [-0.15, -0.1) is 11.3 Å². The smallest absolute Gasteiger partial charge is 0.276 e. The summed E-state index contributed by atoms with van der Waals surface area (Å²) in [6, 6.07) is 9.59. The van der Waals surface area contributed by atoms with E-state index in [2.05, 4.69) is 15.4 Å². The second-order valence-electron chi connectivity index (χ2n) is 5.00. The minimum absolute atomic E-state index is 0.234. The normalized spacial score (nSPS) is 10.5. The molecule has 2 aromatic heterocycles. The zero-order valence-electron chi connectivity index (χ0n) is 12.8. The van der Waals surface area contributed by atoms with Crippen molar-refractivity contribution in [1.82, 2.24) is 14.8 Å². The standard InChI is InChI=1S/C16H16N4O2S/c1-11-7-15(18-16(21)14-9-23-10-17-14)20(19-11)8-12-3-5-13(22-2)6-4-12/h3-7,9-10H,8H2,1-2H3,(H,18,21). The van der Waals surface area contributed by atoms with E-state index in [1.54, 1.807) is 22.7 Å². The summed E-state index contributed by atoms with van der Waals surface area (Å²) < 4.78 is 6.92. The summed E-state index contributed by atoms with van der Waals surface area (Å²) >= 11 is 1.39. The molecule has 3 rings (SSSR count). The van der Waals surface area contributed by atoms with Crippen LogP contribution in [0.15, 0.2) is 41.2 Å². The van der Waals surface area contributed by atoms with Crippen LogP contribution in [0.5, 0.6) is 5.75 Å². The molecule has 0 bridgehead atoms. The van der Waals surface area contributed by atoms with Crippen LogP contribution in [0, 0.1) is 6.92 Å². The molecule has 7 heteroatoms. The van der Waals surface area contributed by atoms with Crippen LogP contribution in [0.1, 0.15) is 21.7 Å². The van der Waals surface area contributed by atoms with Crippen LogP contribution in [0.2, 0.25) is 0 Å². The fraction of sp³-hybridized carbons (Fsp3) is 0.188. The number of anilines is 1. The number of carbonyl (C=O) groups excluding carboxylic acids is 1. The van der Waals surface area contributed by atoms with Gasteiger partial charge in [0.15, 0.2) is 0 Å². The first-order valence-electron chi connectivity index (χ1n) is 7.02. The molecule has 0 unspecified atom stereocenters. The van der Waals surface area contributed by atoms with Gasteiger partial charge in [-0.1, -0.05) is 12.1 Å². The summed E-state index contributed by atoms with van der Waals surface area (Å²) in [4.78, 5) is 16.2. The number of aryl methyl sites for hydroxylation is 1. The van der Waals surface area contributed by atoms with Gasteiger partial charge in [0.2, 0.25) is 0 Å². The summed E-state index contributed by atoms with van der Waals surface area (Å²) in [7, 11) is 1.64. The van der Waals surface area contributed by atoms with Gasteiger partial charge in [-0.25, -0.2) is 9.67 Å². The Hall–Kier alpha value is -2.67. The molecule has 23 heavy (non-hydrogen) atoms. The van der Waals surface area contributed by atoms with Crippen LogP contribution in [0.4, 0.5) is 5.82 Å². The van der Waals surface area contributed by atoms with Gasteiger partial charge in [0.25, 0.3) is 5.91 Å². The zero-order valence-corrected chi connectivity index (χ0v) is 13.6. The molecule has 1 aromatic carbocycles. The first-order chi connectivity index (χ1) is 11.2. The zero-order chi connectivity index (χ0) is 16.2. The predicted octanol–water partition coefficient (Wildman–Crippen LogP) is 2.96. The summed E-state index contributed by atoms with van der Waals surface area (Å²) in [5, 5.41) is 9.01. The molecule has 0 spiro atoms. The average molecular weight is 328 g/mol. The van der Waals surface area contributed by atoms with Crippen molar-refractivity contribution in [3.63, 3.8) is 0 Å². The minimum atomic E-state index is -0.234. The number of nitrogens with one attached hydrogen (secondary N) is 1. The highest BCUT2D eigenvalue weighted by Crippen LogP contribution is 2.17. The molecule has 0 aliphatic heterocycles. The highest BCUT2D eigenvalue weighted by Gasteiger charge is 2.12. The Balaban J connectivity index is 1.78. The van der Waals surface area contributed by atoms with Crippen LogP contribution < -0.4 is 10.1 Å². The summed E-state index contributed by atoms with van der Waals surface area (Å²) in [5.74, 6) is 1.22. The molecule has 0 aliphatic carbocycles. The maximum Gasteiger partial charge on any atom is 0.276 e. The Morgan fingerprint density at radius 3 is 2.78 bits per heavy atom. The number of hydrogen-bond donors (Lipinski definition) is 1. The Labute approximate surface area is 137 Å². The van der Waals surface area contributed by atoms with E-state index in [1.807, 2.05) is 37.3 Å². The van der Waals surface area contributed by atoms with Gasteiger partial charge in [0.1, 0.15) is 17.3 Å². The van der Waals surface area contributed by atoms with Gasteiger partial charge in [-0.3, -0.25) is 4.79 Å². The molecule has 3 aromatic rings. The van der Waals surface area contributed by atoms with Gasteiger partial charge in [0.05, 0.1) is 24.9 Å². The molecule has 118 valence electrons. The third-order valence-electron chi connectivity index (χ3n) is 3.30. The number of nitrogens with zero attached hydrogens (tertiary/aromatic N) is 3. The first kappa shape index (κ1) is 15.2. The van der Waals surface area contributed by atoms with Crippen molar-refractivity contribution in [2.45, 2.75) is 13.5 Å². The van der Waals surface area contributed by atoms with E-state index in [1.165, 1.54) is 11.3 Å². The summed E-state index contributed by atoms with van der Waals surface area (Å²) in [6.45, 7) is 2.45. The second-order valence-corrected chi connectivity index (χ2v) is 5.72.